The van der Waals surface area contributed by atoms with Gasteiger partial charge in [0.15, 0.2) is 0 Å². The van der Waals surface area contributed by atoms with Crippen molar-refractivity contribution in [1.29, 1.82) is 0 Å². The van der Waals surface area contributed by atoms with E-state index in [0.29, 0.717) is 6.54 Å². The van der Waals surface area contributed by atoms with Crippen LogP contribution in [0.2, 0.25) is 0 Å². The fraction of sp³-hybridized carbons (Fsp3) is 0.556. The van der Waals surface area contributed by atoms with Gasteiger partial charge in [0.05, 0.1) is 0 Å². The summed E-state index contributed by atoms with van der Waals surface area (Å²) in [6.45, 7) is 4.79. The van der Waals surface area contributed by atoms with Crippen LogP contribution in [0.4, 0.5) is 0 Å². The van der Waals surface area contributed by atoms with Crippen molar-refractivity contribution in [3.05, 3.63) is 21.8 Å². The van der Waals surface area contributed by atoms with E-state index in [-0.39, 0.29) is 5.41 Å². The van der Waals surface area contributed by atoms with Crippen molar-refractivity contribution in [1.82, 2.24) is 9.97 Å². The lowest BCUT2D eigenvalue weighted by Gasteiger charge is -2.23. The minimum atomic E-state index is -0.0790. The second-order valence-corrected chi connectivity index (χ2v) is 4.59. The first-order valence-electron chi connectivity index (χ1n) is 4.30. The van der Waals surface area contributed by atoms with Gasteiger partial charge in [0, 0.05) is 27.9 Å². The number of nitrogens with zero attached hydrogens (tertiary/aromatic N) is 2. The van der Waals surface area contributed by atoms with Crippen LogP contribution in [0.1, 0.15) is 26.1 Å². The van der Waals surface area contributed by atoms with Gasteiger partial charge in [-0.05, 0) is 29.0 Å². The van der Waals surface area contributed by atoms with Crippen LogP contribution in [-0.4, -0.2) is 16.5 Å². The van der Waals surface area contributed by atoms with Gasteiger partial charge in [0.1, 0.15) is 5.82 Å². The van der Waals surface area contributed by atoms with Gasteiger partial charge in [-0.2, -0.15) is 0 Å². The molecule has 0 saturated heterocycles. The molecule has 13 heavy (non-hydrogen) atoms. The first-order chi connectivity index (χ1) is 6.12. The Morgan fingerprint density at radius 1 is 1.46 bits per heavy atom. The van der Waals surface area contributed by atoms with E-state index in [1.54, 1.807) is 0 Å². The number of rotatable bonds is 3. The molecule has 4 heteroatoms. The molecular weight excluding hydrogens is 277 g/mol. The second-order valence-electron chi connectivity index (χ2n) is 3.34. The maximum absolute atomic E-state index is 5.71. The minimum absolute atomic E-state index is 0.0790. The Hall–Kier alpha value is -0.230. The van der Waals surface area contributed by atoms with Crippen LogP contribution in [0.25, 0.3) is 0 Å². The van der Waals surface area contributed by atoms with Gasteiger partial charge in [-0.15, -0.1) is 0 Å². The van der Waals surface area contributed by atoms with Crippen LogP contribution in [0.15, 0.2) is 12.4 Å². The summed E-state index contributed by atoms with van der Waals surface area (Å²) in [7, 11) is 0. The summed E-state index contributed by atoms with van der Waals surface area (Å²) in [5.74, 6) is 0.845. The molecule has 0 aliphatic heterocycles. The minimum Gasteiger partial charge on any atom is -0.329 e. The Bertz CT molecular complexity index is 267. The van der Waals surface area contributed by atoms with Crippen LogP contribution in [0, 0.1) is 3.57 Å². The van der Waals surface area contributed by atoms with Gasteiger partial charge in [0.25, 0.3) is 0 Å². The lowest BCUT2D eigenvalue weighted by Crippen LogP contribution is -2.33. The quantitative estimate of drug-likeness (QED) is 0.863. The Morgan fingerprint density at radius 2 is 2.00 bits per heavy atom. The standard InChI is InChI=1S/C9H14IN3/c1-3-9(2,6-11)8-12-4-7(10)5-13-8/h4-5H,3,6,11H2,1-2H3. The van der Waals surface area contributed by atoms with Gasteiger partial charge in [-0.3, -0.25) is 0 Å². The van der Waals surface area contributed by atoms with Gasteiger partial charge in [-0.1, -0.05) is 13.8 Å². The molecule has 0 radical (unpaired) electrons. The van der Waals surface area contributed by atoms with E-state index in [9.17, 15) is 0 Å². The zero-order chi connectivity index (χ0) is 9.90. The predicted molar refractivity (Wildman–Crippen MR) is 61.4 cm³/mol. The predicted octanol–water partition coefficient (Wildman–Crippen LogP) is 1.71. The molecule has 72 valence electrons. The Morgan fingerprint density at radius 3 is 2.38 bits per heavy atom. The highest BCUT2D eigenvalue weighted by Gasteiger charge is 2.25. The Labute approximate surface area is 92.3 Å². The van der Waals surface area contributed by atoms with Gasteiger partial charge in [0.2, 0.25) is 0 Å². The number of hydrogen-bond donors (Lipinski definition) is 1. The molecule has 1 heterocycles. The van der Waals surface area contributed by atoms with Crippen molar-refractivity contribution >= 4 is 22.6 Å². The number of hydrogen-bond acceptors (Lipinski definition) is 3. The molecule has 0 aromatic carbocycles. The smallest absolute Gasteiger partial charge is 0.135 e. The zero-order valence-corrected chi connectivity index (χ0v) is 10.1. The Kier molecular flexibility index (Phi) is 3.61. The van der Waals surface area contributed by atoms with Crippen molar-refractivity contribution in [2.24, 2.45) is 5.73 Å². The van der Waals surface area contributed by atoms with Crippen molar-refractivity contribution in [3.63, 3.8) is 0 Å². The molecule has 0 spiro atoms. The summed E-state index contributed by atoms with van der Waals surface area (Å²) in [5, 5.41) is 0. The number of aromatic nitrogens is 2. The molecule has 1 rings (SSSR count). The van der Waals surface area contributed by atoms with E-state index >= 15 is 0 Å². The molecule has 0 amide bonds. The summed E-state index contributed by atoms with van der Waals surface area (Å²) in [5.41, 5.74) is 5.63. The van der Waals surface area contributed by atoms with Crippen molar-refractivity contribution in [3.8, 4) is 0 Å². The maximum Gasteiger partial charge on any atom is 0.135 e. The molecule has 1 atom stereocenters. The zero-order valence-electron chi connectivity index (χ0n) is 7.92. The molecule has 1 aromatic rings. The van der Waals surface area contributed by atoms with Gasteiger partial charge >= 0.3 is 0 Å². The largest absolute Gasteiger partial charge is 0.329 e. The SMILES string of the molecule is CCC(C)(CN)c1ncc(I)cn1. The Balaban J connectivity index is 2.99. The van der Waals surface area contributed by atoms with Crippen molar-refractivity contribution in [2.45, 2.75) is 25.7 Å². The average molecular weight is 291 g/mol. The number of halogens is 1. The third-order valence-corrected chi connectivity index (χ3v) is 2.95. The van der Waals surface area contributed by atoms with Gasteiger partial charge in [-0.25, -0.2) is 9.97 Å². The summed E-state index contributed by atoms with van der Waals surface area (Å²) in [6.07, 6.45) is 4.61. The second kappa shape index (κ2) is 4.32. The van der Waals surface area contributed by atoms with Crippen molar-refractivity contribution in [2.75, 3.05) is 6.54 Å². The van der Waals surface area contributed by atoms with E-state index in [2.05, 4.69) is 46.4 Å². The first-order valence-corrected chi connectivity index (χ1v) is 5.38. The molecule has 0 aliphatic carbocycles. The van der Waals surface area contributed by atoms with E-state index in [1.165, 1.54) is 0 Å². The lowest BCUT2D eigenvalue weighted by molar-refractivity contribution is 0.437. The van der Waals surface area contributed by atoms with E-state index in [4.69, 9.17) is 5.73 Å². The summed E-state index contributed by atoms with van der Waals surface area (Å²) < 4.78 is 1.05. The molecule has 1 unspecified atom stereocenters. The van der Waals surface area contributed by atoms with E-state index < -0.39 is 0 Å². The molecule has 0 aliphatic rings. The first kappa shape index (κ1) is 10.8. The summed E-state index contributed by atoms with van der Waals surface area (Å²) >= 11 is 2.19. The average Bonchev–Trinajstić information content (AvgIpc) is 2.18. The highest BCUT2D eigenvalue weighted by Crippen LogP contribution is 2.22. The van der Waals surface area contributed by atoms with Gasteiger partial charge < -0.3 is 5.73 Å². The summed E-state index contributed by atoms with van der Waals surface area (Å²) in [4.78, 5) is 8.59. The van der Waals surface area contributed by atoms with E-state index in [0.717, 1.165) is 15.8 Å². The molecule has 0 fully saturated rings. The topological polar surface area (TPSA) is 51.8 Å². The fourth-order valence-electron chi connectivity index (χ4n) is 1.02. The molecule has 2 N–H and O–H groups in total. The third kappa shape index (κ3) is 2.37. The number of nitrogens with two attached hydrogens (primary N) is 1. The van der Waals surface area contributed by atoms with Crippen LogP contribution in [0.3, 0.4) is 0 Å². The molecule has 3 nitrogen and oxygen atoms in total. The molecular formula is C9H14IN3. The van der Waals surface area contributed by atoms with Crippen LogP contribution >= 0.6 is 22.6 Å². The lowest BCUT2D eigenvalue weighted by atomic mass is 9.87. The third-order valence-electron chi connectivity index (χ3n) is 2.39. The van der Waals surface area contributed by atoms with Crippen LogP contribution in [-0.2, 0) is 5.41 Å². The normalized spacial score (nSPS) is 15.4. The molecule has 0 saturated carbocycles. The van der Waals surface area contributed by atoms with E-state index in [1.807, 2.05) is 12.4 Å². The molecule has 0 bridgehead atoms. The van der Waals surface area contributed by atoms with Crippen molar-refractivity contribution < 1.29 is 0 Å². The fourth-order valence-corrected chi connectivity index (χ4v) is 1.30. The highest BCUT2D eigenvalue weighted by atomic mass is 127. The highest BCUT2D eigenvalue weighted by molar-refractivity contribution is 14.1. The molecule has 1 aromatic heterocycles. The van der Waals surface area contributed by atoms with Crippen LogP contribution < -0.4 is 5.73 Å². The monoisotopic (exact) mass is 291 g/mol. The maximum atomic E-state index is 5.71. The summed E-state index contributed by atoms with van der Waals surface area (Å²) in [6, 6.07) is 0. The van der Waals surface area contributed by atoms with Crippen LogP contribution in [0.5, 0.6) is 0 Å².